The molecule has 202 valence electrons. The summed E-state index contributed by atoms with van der Waals surface area (Å²) >= 11 is 0. The molecule has 0 saturated carbocycles. The second-order valence-electron chi connectivity index (χ2n) is 11.8. The number of anilines is 1. The first kappa shape index (κ1) is 25.8. The minimum absolute atomic E-state index is 0.0448. The van der Waals surface area contributed by atoms with E-state index in [9.17, 15) is 18.0 Å². The SMILES string of the molecule is CN1C[C@H](F)C[C@H]1COc1nc(N2C[C@H]3CC[C@](C)(C2)N3C(=O)OC(C)(C)C)c2cc(F)cc(F)c2n1. The first-order valence-electron chi connectivity index (χ1n) is 12.7. The first-order valence-corrected chi connectivity index (χ1v) is 12.7. The number of hydrogen-bond acceptors (Lipinski definition) is 7. The second-order valence-corrected chi connectivity index (χ2v) is 11.8. The molecule has 3 fully saturated rings. The summed E-state index contributed by atoms with van der Waals surface area (Å²) in [6.07, 6.45) is 0.589. The molecule has 0 radical (unpaired) electrons. The highest BCUT2D eigenvalue weighted by Crippen LogP contribution is 2.42. The summed E-state index contributed by atoms with van der Waals surface area (Å²) in [5.41, 5.74) is -1.21. The highest BCUT2D eigenvalue weighted by molar-refractivity contribution is 5.90. The van der Waals surface area contributed by atoms with Crippen LogP contribution in [-0.4, -0.2) is 88.5 Å². The number of benzene rings is 1. The number of fused-ring (bicyclic) bond motifs is 3. The Morgan fingerprint density at radius 2 is 1.97 bits per heavy atom. The van der Waals surface area contributed by atoms with Crippen LogP contribution in [0.3, 0.4) is 0 Å². The van der Waals surface area contributed by atoms with E-state index < -0.39 is 28.9 Å². The van der Waals surface area contributed by atoms with Gasteiger partial charge in [-0.1, -0.05) is 0 Å². The zero-order chi connectivity index (χ0) is 26.7. The summed E-state index contributed by atoms with van der Waals surface area (Å²) in [5, 5.41) is 0.236. The molecule has 4 atom stereocenters. The fraction of sp³-hybridized carbons (Fsp3) is 0.654. The Hall–Kier alpha value is -2.82. The molecule has 37 heavy (non-hydrogen) atoms. The third kappa shape index (κ3) is 5.02. The van der Waals surface area contributed by atoms with Gasteiger partial charge in [0.2, 0.25) is 0 Å². The predicted molar refractivity (Wildman–Crippen MR) is 133 cm³/mol. The summed E-state index contributed by atoms with van der Waals surface area (Å²) in [7, 11) is 1.82. The number of aromatic nitrogens is 2. The number of rotatable bonds is 4. The Bertz CT molecular complexity index is 1210. The maximum Gasteiger partial charge on any atom is 0.411 e. The normalized spacial score (nSPS) is 28.3. The van der Waals surface area contributed by atoms with Crippen LogP contribution in [-0.2, 0) is 4.74 Å². The lowest BCUT2D eigenvalue weighted by Gasteiger charge is -2.47. The van der Waals surface area contributed by atoms with Crippen LogP contribution in [0.4, 0.5) is 23.8 Å². The Kier molecular flexibility index (Phi) is 6.40. The van der Waals surface area contributed by atoms with Gasteiger partial charge < -0.3 is 14.4 Å². The molecule has 0 N–H and O–H groups in total. The van der Waals surface area contributed by atoms with Crippen LogP contribution >= 0.6 is 0 Å². The van der Waals surface area contributed by atoms with E-state index in [0.29, 0.717) is 31.9 Å². The quantitative estimate of drug-likeness (QED) is 0.594. The number of carbonyl (C=O) groups is 1. The van der Waals surface area contributed by atoms with Gasteiger partial charge in [0.1, 0.15) is 35.5 Å². The second kappa shape index (κ2) is 9.18. The van der Waals surface area contributed by atoms with Crippen LogP contribution in [0.5, 0.6) is 6.01 Å². The lowest BCUT2D eigenvalue weighted by molar-refractivity contribution is -0.00280. The van der Waals surface area contributed by atoms with Gasteiger partial charge in [-0.25, -0.2) is 18.0 Å². The summed E-state index contributed by atoms with van der Waals surface area (Å²) in [5.74, 6) is -1.19. The monoisotopic (exact) mass is 521 g/mol. The van der Waals surface area contributed by atoms with Gasteiger partial charge in [0.25, 0.3) is 0 Å². The first-order chi connectivity index (χ1) is 17.3. The number of carbonyl (C=O) groups excluding carboxylic acids is 1. The fourth-order valence-corrected chi connectivity index (χ4v) is 5.87. The standard InChI is InChI=1S/C26H34F3N5O3/c1-25(2,3)37-24(35)34-17-6-7-26(34,4)14-33(12-17)22-19-9-15(27)10-20(29)21(19)30-23(31-22)36-13-18-8-16(28)11-32(18)5/h9-10,16-18H,6-8,11-14H2,1-5H3/t16-,17-,18+,26-/m1/s1. The van der Waals surface area contributed by atoms with Gasteiger partial charge in [-0.3, -0.25) is 9.80 Å². The number of ether oxygens (including phenoxy) is 2. The molecule has 0 aliphatic carbocycles. The number of nitrogens with zero attached hydrogens (tertiary/aromatic N) is 5. The van der Waals surface area contributed by atoms with Crippen molar-refractivity contribution in [1.82, 2.24) is 19.8 Å². The van der Waals surface area contributed by atoms with E-state index in [4.69, 9.17) is 9.47 Å². The van der Waals surface area contributed by atoms with Gasteiger partial charge >= 0.3 is 12.1 Å². The molecule has 0 unspecified atom stereocenters. The molecule has 3 aliphatic heterocycles. The smallest absolute Gasteiger partial charge is 0.411 e. The van der Waals surface area contributed by atoms with Gasteiger partial charge in [0, 0.05) is 37.1 Å². The minimum Gasteiger partial charge on any atom is -0.462 e. The van der Waals surface area contributed by atoms with Crippen molar-refractivity contribution in [1.29, 1.82) is 0 Å². The molecule has 11 heteroatoms. The molecule has 4 heterocycles. The van der Waals surface area contributed by atoms with Crippen LogP contribution in [0, 0.1) is 11.6 Å². The molecule has 2 bridgehead atoms. The van der Waals surface area contributed by atoms with Crippen molar-refractivity contribution in [3.05, 3.63) is 23.8 Å². The Balaban J connectivity index is 1.46. The highest BCUT2D eigenvalue weighted by Gasteiger charge is 2.52. The molecule has 5 rings (SSSR count). The fourth-order valence-electron chi connectivity index (χ4n) is 5.87. The van der Waals surface area contributed by atoms with Crippen molar-refractivity contribution in [2.75, 3.05) is 38.2 Å². The van der Waals surface area contributed by atoms with Crippen LogP contribution in [0.25, 0.3) is 10.9 Å². The molecule has 8 nitrogen and oxygen atoms in total. The highest BCUT2D eigenvalue weighted by atomic mass is 19.1. The molecule has 0 spiro atoms. The maximum atomic E-state index is 14.9. The number of piperazine rings is 1. The molecule has 3 saturated heterocycles. The van der Waals surface area contributed by atoms with E-state index in [2.05, 4.69) is 9.97 Å². The Labute approximate surface area is 214 Å². The van der Waals surface area contributed by atoms with Crippen LogP contribution < -0.4 is 9.64 Å². The van der Waals surface area contributed by atoms with E-state index in [-0.39, 0.29) is 41.7 Å². The summed E-state index contributed by atoms with van der Waals surface area (Å²) < 4.78 is 54.5. The van der Waals surface area contributed by atoms with Gasteiger partial charge in [-0.2, -0.15) is 9.97 Å². The number of amides is 1. The number of alkyl halides is 1. The van der Waals surface area contributed by atoms with Crippen molar-refractivity contribution >= 4 is 22.8 Å². The molecule has 1 aromatic carbocycles. The number of likely N-dealkylation sites (N-methyl/N-ethyl adjacent to an activating group) is 1. The van der Waals surface area contributed by atoms with Crippen molar-refractivity contribution in [3.63, 3.8) is 0 Å². The van der Waals surface area contributed by atoms with Crippen molar-refractivity contribution in [3.8, 4) is 6.01 Å². The molecule has 1 amide bonds. The summed E-state index contributed by atoms with van der Waals surface area (Å²) in [4.78, 5) is 27.5. The molecular formula is C26H34F3N5O3. The van der Waals surface area contributed by atoms with Crippen LogP contribution in [0.15, 0.2) is 12.1 Å². The zero-order valence-corrected chi connectivity index (χ0v) is 21.9. The zero-order valence-electron chi connectivity index (χ0n) is 21.9. The van der Waals surface area contributed by atoms with Gasteiger partial charge in [0.15, 0.2) is 5.82 Å². The predicted octanol–water partition coefficient (Wildman–Crippen LogP) is 4.31. The molecule has 2 aromatic rings. The van der Waals surface area contributed by atoms with E-state index in [1.54, 1.807) is 4.90 Å². The van der Waals surface area contributed by atoms with Crippen molar-refractivity contribution < 1.29 is 27.4 Å². The molecule has 1 aromatic heterocycles. The summed E-state index contributed by atoms with van der Waals surface area (Å²) in [6, 6.07) is 1.67. The van der Waals surface area contributed by atoms with Crippen molar-refractivity contribution in [2.45, 2.75) is 76.4 Å². The van der Waals surface area contributed by atoms with E-state index in [1.807, 2.05) is 44.5 Å². The Morgan fingerprint density at radius 3 is 2.62 bits per heavy atom. The summed E-state index contributed by atoms with van der Waals surface area (Å²) in [6.45, 7) is 8.80. The average molecular weight is 522 g/mol. The largest absolute Gasteiger partial charge is 0.462 e. The Morgan fingerprint density at radius 1 is 1.22 bits per heavy atom. The van der Waals surface area contributed by atoms with Gasteiger partial charge in [-0.05, 0) is 60.1 Å². The lowest BCUT2D eigenvalue weighted by atomic mass is 9.97. The number of halogens is 3. The van der Waals surface area contributed by atoms with Crippen LogP contribution in [0.1, 0.15) is 47.0 Å². The van der Waals surface area contributed by atoms with E-state index >= 15 is 0 Å². The van der Waals surface area contributed by atoms with Gasteiger partial charge in [-0.15, -0.1) is 0 Å². The minimum atomic E-state index is -0.926. The van der Waals surface area contributed by atoms with E-state index in [0.717, 1.165) is 18.9 Å². The topological polar surface area (TPSA) is 71.0 Å². The third-order valence-electron chi connectivity index (χ3n) is 7.54. The molecular weight excluding hydrogens is 487 g/mol. The van der Waals surface area contributed by atoms with Gasteiger partial charge in [0.05, 0.1) is 11.6 Å². The van der Waals surface area contributed by atoms with Crippen LogP contribution in [0.2, 0.25) is 0 Å². The van der Waals surface area contributed by atoms with E-state index in [1.165, 1.54) is 6.07 Å². The molecule has 3 aliphatic rings. The third-order valence-corrected chi connectivity index (χ3v) is 7.54. The van der Waals surface area contributed by atoms with Crippen molar-refractivity contribution in [2.24, 2.45) is 0 Å². The average Bonchev–Trinajstić information content (AvgIpc) is 3.21. The lowest BCUT2D eigenvalue weighted by Crippen LogP contribution is -2.63. The maximum absolute atomic E-state index is 14.9. The number of likely N-dealkylation sites (tertiary alicyclic amines) is 1. The number of hydrogen-bond donors (Lipinski definition) is 0.